The van der Waals surface area contributed by atoms with Gasteiger partial charge >= 0.3 is 0 Å². The summed E-state index contributed by atoms with van der Waals surface area (Å²) in [6, 6.07) is 14.1. The molecule has 2 aliphatic rings. The molecule has 0 atom stereocenters. The molecule has 1 N–H and O–H groups in total. The van der Waals surface area contributed by atoms with Crippen LogP contribution in [0.3, 0.4) is 0 Å². The summed E-state index contributed by atoms with van der Waals surface area (Å²) in [5, 5.41) is 2.93. The summed E-state index contributed by atoms with van der Waals surface area (Å²) in [6.07, 6.45) is 4.21. The van der Waals surface area contributed by atoms with Gasteiger partial charge in [0.25, 0.3) is 0 Å². The maximum absolute atomic E-state index is 12.2. The third kappa shape index (κ3) is 5.84. The molecule has 6 nitrogen and oxygen atoms in total. The van der Waals surface area contributed by atoms with E-state index in [2.05, 4.69) is 34.5 Å². The molecule has 0 unspecified atom stereocenters. The van der Waals surface area contributed by atoms with Gasteiger partial charge in [0.15, 0.2) is 11.5 Å². The molecule has 4 rings (SSSR count). The van der Waals surface area contributed by atoms with Crippen LogP contribution in [0, 0.1) is 0 Å². The summed E-state index contributed by atoms with van der Waals surface area (Å²) in [6.45, 7) is 6.33. The van der Waals surface area contributed by atoms with Crippen LogP contribution in [-0.4, -0.2) is 50.3 Å². The van der Waals surface area contributed by atoms with E-state index in [0.717, 1.165) is 61.9 Å². The van der Waals surface area contributed by atoms with E-state index in [4.69, 9.17) is 14.2 Å². The zero-order valence-electron chi connectivity index (χ0n) is 17.1. The number of rotatable bonds is 6. The average Bonchev–Trinajstić information content (AvgIpc) is 3.03. The second-order valence-corrected chi connectivity index (χ2v) is 7.51. The van der Waals surface area contributed by atoms with Crippen LogP contribution < -0.4 is 14.8 Å². The number of amides is 1. The second kappa shape index (κ2) is 10.3. The molecule has 2 aromatic rings. The molecule has 6 heteroatoms. The molecule has 1 saturated heterocycles. The van der Waals surface area contributed by atoms with Crippen molar-refractivity contribution in [1.29, 1.82) is 0 Å². The van der Waals surface area contributed by atoms with Gasteiger partial charge in [-0.05, 0) is 34.9 Å². The van der Waals surface area contributed by atoms with Gasteiger partial charge in [0, 0.05) is 38.7 Å². The highest BCUT2D eigenvalue weighted by atomic mass is 16.5. The van der Waals surface area contributed by atoms with E-state index in [1.807, 2.05) is 18.2 Å². The van der Waals surface area contributed by atoms with Crippen molar-refractivity contribution < 1.29 is 19.0 Å². The highest BCUT2D eigenvalue weighted by Crippen LogP contribution is 2.30. The number of nitrogens with zero attached hydrogens (tertiary/aromatic N) is 1. The minimum atomic E-state index is -0.125. The standard InChI is InChI=1S/C24H28N2O4/c27-24(9-7-19-6-8-22-23(16-19)30-13-1-12-29-22)25-17-20-2-4-21(5-3-20)18-26-10-14-28-15-11-26/h2-9,16H,1,10-15,17-18H2,(H,25,27). The Balaban J connectivity index is 1.25. The molecule has 1 fully saturated rings. The van der Waals surface area contributed by atoms with Crippen molar-refractivity contribution in [2.45, 2.75) is 19.5 Å². The Kier molecular flexibility index (Phi) is 7.00. The fourth-order valence-corrected chi connectivity index (χ4v) is 3.48. The predicted octanol–water partition coefficient (Wildman–Crippen LogP) is 3.01. The monoisotopic (exact) mass is 408 g/mol. The molecule has 0 radical (unpaired) electrons. The van der Waals surface area contributed by atoms with E-state index in [-0.39, 0.29) is 5.91 Å². The van der Waals surface area contributed by atoms with Crippen LogP contribution in [0.2, 0.25) is 0 Å². The van der Waals surface area contributed by atoms with Gasteiger partial charge in [0.05, 0.1) is 26.4 Å². The first-order valence-corrected chi connectivity index (χ1v) is 10.5. The van der Waals surface area contributed by atoms with E-state index in [1.54, 1.807) is 12.2 Å². The first-order valence-electron chi connectivity index (χ1n) is 10.5. The maximum atomic E-state index is 12.2. The number of hydrogen-bond donors (Lipinski definition) is 1. The lowest BCUT2D eigenvalue weighted by atomic mass is 10.1. The number of hydrogen-bond acceptors (Lipinski definition) is 5. The van der Waals surface area contributed by atoms with E-state index < -0.39 is 0 Å². The van der Waals surface area contributed by atoms with Crippen LogP contribution in [0.15, 0.2) is 48.5 Å². The molecule has 1 amide bonds. The van der Waals surface area contributed by atoms with Gasteiger partial charge < -0.3 is 19.5 Å². The fourth-order valence-electron chi connectivity index (χ4n) is 3.48. The number of benzene rings is 2. The summed E-state index contributed by atoms with van der Waals surface area (Å²) >= 11 is 0. The van der Waals surface area contributed by atoms with Crippen molar-refractivity contribution in [3.05, 3.63) is 65.2 Å². The number of carbonyl (C=O) groups is 1. The predicted molar refractivity (Wildman–Crippen MR) is 115 cm³/mol. The summed E-state index contributed by atoms with van der Waals surface area (Å²) in [5.74, 6) is 1.36. The summed E-state index contributed by atoms with van der Waals surface area (Å²) < 4.78 is 16.7. The molecular weight excluding hydrogens is 380 g/mol. The van der Waals surface area contributed by atoms with Gasteiger partial charge in [-0.3, -0.25) is 9.69 Å². The Morgan fingerprint density at radius 3 is 2.47 bits per heavy atom. The third-order valence-electron chi connectivity index (χ3n) is 5.20. The van der Waals surface area contributed by atoms with Crippen LogP contribution in [0.1, 0.15) is 23.1 Å². The molecule has 0 aliphatic carbocycles. The van der Waals surface area contributed by atoms with Gasteiger partial charge in [-0.25, -0.2) is 0 Å². The lowest BCUT2D eigenvalue weighted by Crippen LogP contribution is -2.35. The first kappa shape index (κ1) is 20.4. The van der Waals surface area contributed by atoms with E-state index in [9.17, 15) is 4.79 Å². The lowest BCUT2D eigenvalue weighted by Gasteiger charge is -2.26. The molecule has 2 aromatic carbocycles. The minimum absolute atomic E-state index is 0.125. The first-order chi connectivity index (χ1) is 14.8. The van der Waals surface area contributed by atoms with E-state index in [0.29, 0.717) is 19.8 Å². The van der Waals surface area contributed by atoms with E-state index in [1.165, 1.54) is 5.56 Å². The Morgan fingerprint density at radius 2 is 1.67 bits per heavy atom. The van der Waals surface area contributed by atoms with Crippen molar-refractivity contribution in [2.24, 2.45) is 0 Å². The van der Waals surface area contributed by atoms with Crippen LogP contribution in [-0.2, 0) is 22.6 Å². The molecule has 2 heterocycles. The average molecular weight is 408 g/mol. The van der Waals surface area contributed by atoms with Crippen LogP contribution in [0.25, 0.3) is 6.08 Å². The molecule has 30 heavy (non-hydrogen) atoms. The summed E-state index contributed by atoms with van der Waals surface area (Å²) in [5.41, 5.74) is 3.27. The van der Waals surface area contributed by atoms with Gasteiger partial charge in [0.1, 0.15) is 0 Å². The molecule has 0 saturated carbocycles. The smallest absolute Gasteiger partial charge is 0.244 e. The number of nitrogens with one attached hydrogen (secondary N) is 1. The zero-order chi connectivity index (χ0) is 20.6. The van der Waals surface area contributed by atoms with E-state index >= 15 is 0 Å². The molecule has 0 bridgehead atoms. The largest absolute Gasteiger partial charge is 0.490 e. The number of fused-ring (bicyclic) bond motifs is 1. The highest BCUT2D eigenvalue weighted by Gasteiger charge is 2.11. The molecule has 0 spiro atoms. The van der Waals surface area contributed by atoms with Gasteiger partial charge in [0.2, 0.25) is 5.91 Å². The maximum Gasteiger partial charge on any atom is 0.244 e. The Labute approximate surface area is 177 Å². The van der Waals surface area contributed by atoms with Crippen molar-refractivity contribution in [1.82, 2.24) is 10.2 Å². The second-order valence-electron chi connectivity index (χ2n) is 7.51. The minimum Gasteiger partial charge on any atom is -0.490 e. The zero-order valence-corrected chi connectivity index (χ0v) is 17.1. The normalized spacial score (nSPS) is 16.9. The van der Waals surface area contributed by atoms with Crippen molar-refractivity contribution in [3.8, 4) is 11.5 Å². The Hall–Kier alpha value is -2.83. The molecular formula is C24H28N2O4. The SMILES string of the molecule is O=C(C=Cc1ccc2c(c1)OCCCO2)NCc1ccc(CN2CCOCC2)cc1. The van der Waals surface area contributed by atoms with Crippen molar-refractivity contribution in [2.75, 3.05) is 39.5 Å². The van der Waals surface area contributed by atoms with Gasteiger partial charge in [-0.15, -0.1) is 0 Å². The molecule has 0 aromatic heterocycles. The molecule has 2 aliphatic heterocycles. The van der Waals surface area contributed by atoms with Gasteiger partial charge in [-0.2, -0.15) is 0 Å². The van der Waals surface area contributed by atoms with Crippen LogP contribution in [0.4, 0.5) is 0 Å². The lowest BCUT2D eigenvalue weighted by molar-refractivity contribution is -0.116. The Bertz CT molecular complexity index is 873. The van der Waals surface area contributed by atoms with Crippen LogP contribution >= 0.6 is 0 Å². The summed E-state index contributed by atoms with van der Waals surface area (Å²) in [4.78, 5) is 14.6. The van der Waals surface area contributed by atoms with Gasteiger partial charge in [-0.1, -0.05) is 30.3 Å². The third-order valence-corrected chi connectivity index (χ3v) is 5.20. The number of ether oxygens (including phenoxy) is 3. The highest BCUT2D eigenvalue weighted by molar-refractivity contribution is 5.91. The van der Waals surface area contributed by atoms with Crippen molar-refractivity contribution >= 4 is 12.0 Å². The number of carbonyl (C=O) groups excluding carboxylic acids is 1. The van der Waals surface area contributed by atoms with Crippen molar-refractivity contribution in [3.63, 3.8) is 0 Å². The quantitative estimate of drug-likeness (QED) is 0.745. The molecule has 158 valence electrons. The summed E-state index contributed by atoms with van der Waals surface area (Å²) in [7, 11) is 0. The van der Waals surface area contributed by atoms with Crippen LogP contribution in [0.5, 0.6) is 11.5 Å². The number of morpholine rings is 1. The topological polar surface area (TPSA) is 60.0 Å². The fraction of sp³-hybridized carbons (Fsp3) is 0.375. The Morgan fingerprint density at radius 1 is 0.933 bits per heavy atom.